The number of amides is 1. The quantitative estimate of drug-likeness (QED) is 0.856. The van der Waals surface area contributed by atoms with Crippen LogP contribution in [0.25, 0.3) is 0 Å². The highest BCUT2D eigenvalue weighted by molar-refractivity contribution is 5.97. The third kappa shape index (κ3) is 3.69. The molecule has 1 aromatic carbocycles. The Morgan fingerprint density at radius 3 is 2.74 bits per heavy atom. The van der Waals surface area contributed by atoms with Crippen molar-refractivity contribution in [1.29, 1.82) is 0 Å². The molecule has 4 heteroatoms. The molecule has 2 atom stereocenters. The van der Waals surface area contributed by atoms with E-state index in [2.05, 4.69) is 24.1 Å². The van der Waals surface area contributed by atoms with Gasteiger partial charge in [0.05, 0.1) is 17.5 Å². The Balaban J connectivity index is 1.73. The molecule has 0 saturated heterocycles. The van der Waals surface area contributed by atoms with Gasteiger partial charge in [0.25, 0.3) is 0 Å². The van der Waals surface area contributed by atoms with Gasteiger partial charge in [-0.15, -0.1) is 0 Å². The van der Waals surface area contributed by atoms with Crippen molar-refractivity contribution in [2.75, 3.05) is 37.0 Å². The fraction of sp³-hybridized carbons (Fsp3) is 0.632. The Morgan fingerprint density at radius 1 is 1.17 bits per heavy atom. The molecule has 0 spiro atoms. The Kier molecular flexibility index (Phi) is 5.21. The van der Waals surface area contributed by atoms with Crippen LogP contribution in [0.2, 0.25) is 0 Å². The number of carbonyl (C=O) groups excluding carboxylic acids is 1. The molecule has 1 amide bonds. The molecule has 4 nitrogen and oxygen atoms in total. The second-order valence-electron chi connectivity index (χ2n) is 6.90. The summed E-state index contributed by atoms with van der Waals surface area (Å²) in [6.45, 7) is 1.82. The molecule has 126 valence electrons. The second-order valence-corrected chi connectivity index (χ2v) is 6.90. The number of rotatable bonds is 3. The van der Waals surface area contributed by atoms with Gasteiger partial charge in [0.15, 0.2) is 0 Å². The molecule has 0 bridgehead atoms. The predicted molar refractivity (Wildman–Crippen MR) is 94.1 cm³/mol. The van der Waals surface area contributed by atoms with Crippen LogP contribution in [0.5, 0.6) is 0 Å². The van der Waals surface area contributed by atoms with Crippen molar-refractivity contribution >= 4 is 17.3 Å². The number of fused-ring (bicyclic) bond motifs is 1. The van der Waals surface area contributed by atoms with E-state index in [1.165, 1.54) is 6.42 Å². The Hall–Kier alpha value is -1.55. The third-order valence-electron chi connectivity index (χ3n) is 5.29. The van der Waals surface area contributed by atoms with E-state index >= 15 is 0 Å². The van der Waals surface area contributed by atoms with Gasteiger partial charge in [-0.25, -0.2) is 0 Å². The van der Waals surface area contributed by atoms with Gasteiger partial charge in [0, 0.05) is 33.7 Å². The van der Waals surface area contributed by atoms with Crippen molar-refractivity contribution in [3.63, 3.8) is 0 Å². The summed E-state index contributed by atoms with van der Waals surface area (Å²) in [5.41, 5.74) is 2.23. The van der Waals surface area contributed by atoms with Crippen LogP contribution in [0.4, 0.5) is 11.4 Å². The third-order valence-corrected chi connectivity index (χ3v) is 5.29. The van der Waals surface area contributed by atoms with E-state index in [0.717, 1.165) is 50.1 Å². The van der Waals surface area contributed by atoms with Crippen LogP contribution in [-0.4, -0.2) is 39.3 Å². The molecule has 0 unspecified atom stereocenters. The zero-order valence-electron chi connectivity index (χ0n) is 14.3. The summed E-state index contributed by atoms with van der Waals surface area (Å²) in [4.78, 5) is 17.2. The number of hydrogen-bond acceptors (Lipinski definition) is 3. The summed E-state index contributed by atoms with van der Waals surface area (Å²) in [5, 5.41) is 0. The fourth-order valence-electron chi connectivity index (χ4n) is 3.98. The average molecular weight is 316 g/mol. The smallest absolute Gasteiger partial charge is 0.227 e. The zero-order valence-corrected chi connectivity index (χ0v) is 14.3. The second kappa shape index (κ2) is 7.35. The van der Waals surface area contributed by atoms with Crippen molar-refractivity contribution in [2.45, 2.75) is 44.6 Å². The van der Waals surface area contributed by atoms with Crippen LogP contribution in [0.3, 0.4) is 0 Å². The van der Waals surface area contributed by atoms with Crippen LogP contribution < -0.4 is 9.80 Å². The monoisotopic (exact) mass is 316 g/mol. The highest BCUT2D eigenvalue weighted by atomic mass is 16.5. The summed E-state index contributed by atoms with van der Waals surface area (Å²) in [7, 11) is 3.90. The molecular formula is C19H28N2O2. The molecule has 1 aromatic rings. The van der Waals surface area contributed by atoms with Crippen LogP contribution in [0.15, 0.2) is 24.3 Å². The lowest BCUT2D eigenvalue weighted by Gasteiger charge is -2.30. The van der Waals surface area contributed by atoms with E-state index in [1.807, 2.05) is 17.0 Å². The minimum atomic E-state index is 0.273. The molecule has 2 aliphatic rings. The van der Waals surface area contributed by atoms with E-state index in [0.29, 0.717) is 18.4 Å². The van der Waals surface area contributed by atoms with Gasteiger partial charge in [-0.1, -0.05) is 18.6 Å². The normalized spacial score (nSPS) is 25.0. The minimum absolute atomic E-state index is 0.273. The largest absolute Gasteiger partial charge is 0.381 e. The van der Waals surface area contributed by atoms with Crippen molar-refractivity contribution < 1.29 is 9.53 Å². The molecule has 1 heterocycles. The number of carbonyl (C=O) groups is 1. The first-order valence-corrected chi connectivity index (χ1v) is 8.82. The zero-order chi connectivity index (χ0) is 16.2. The van der Waals surface area contributed by atoms with Crippen LogP contribution in [0.1, 0.15) is 38.5 Å². The van der Waals surface area contributed by atoms with Crippen molar-refractivity contribution in [1.82, 2.24) is 0 Å². The molecule has 1 fully saturated rings. The first-order valence-electron chi connectivity index (χ1n) is 8.82. The van der Waals surface area contributed by atoms with Crippen molar-refractivity contribution in [3.8, 4) is 0 Å². The molecule has 3 rings (SSSR count). The SMILES string of the molecule is CO[C@@H]1CCC[C@H](CC(=O)N2CCCN(C)c3ccccc32)C1. The van der Waals surface area contributed by atoms with E-state index in [4.69, 9.17) is 4.74 Å². The number of nitrogens with zero attached hydrogens (tertiary/aromatic N) is 2. The molecule has 0 aromatic heterocycles. The first-order chi connectivity index (χ1) is 11.2. The van der Waals surface area contributed by atoms with Crippen molar-refractivity contribution in [2.24, 2.45) is 5.92 Å². The number of para-hydroxylation sites is 2. The van der Waals surface area contributed by atoms with Gasteiger partial charge in [-0.05, 0) is 43.7 Å². The molecular weight excluding hydrogens is 288 g/mol. The predicted octanol–water partition coefficient (Wildman–Crippen LogP) is 3.45. The molecule has 0 N–H and O–H groups in total. The highest BCUT2D eigenvalue weighted by Crippen LogP contribution is 2.34. The number of methoxy groups -OCH3 is 1. The van der Waals surface area contributed by atoms with Crippen LogP contribution in [0, 0.1) is 5.92 Å². The number of ether oxygens (including phenoxy) is 1. The van der Waals surface area contributed by atoms with E-state index in [1.54, 1.807) is 7.11 Å². The van der Waals surface area contributed by atoms with E-state index in [9.17, 15) is 4.79 Å². The van der Waals surface area contributed by atoms with E-state index in [-0.39, 0.29) is 5.91 Å². The lowest BCUT2D eigenvalue weighted by atomic mass is 9.84. The lowest BCUT2D eigenvalue weighted by molar-refractivity contribution is -0.120. The minimum Gasteiger partial charge on any atom is -0.381 e. The summed E-state index contributed by atoms with van der Waals surface area (Å²) in [5.74, 6) is 0.740. The number of anilines is 2. The Bertz CT molecular complexity index is 546. The maximum absolute atomic E-state index is 13.0. The van der Waals surface area contributed by atoms with Gasteiger partial charge in [-0.2, -0.15) is 0 Å². The molecule has 1 saturated carbocycles. The molecule has 0 radical (unpaired) electrons. The standard InChI is InChI=1S/C19H28N2O2/c1-20-11-6-12-21(18-10-4-3-9-17(18)20)19(22)14-15-7-5-8-16(13-15)23-2/h3-4,9-10,15-16H,5-8,11-14H2,1-2H3/t15-,16+/m0/s1. The molecule has 23 heavy (non-hydrogen) atoms. The van der Waals surface area contributed by atoms with Gasteiger partial charge in [0.1, 0.15) is 0 Å². The number of benzene rings is 1. The summed E-state index contributed by atoms with van der Waals surface area (Å²) < 4.78 is 5.51. The first kappa shape index (κ1) is 16.3. The Morgan fingerprint density at radius 2 is 1.96 bits per heavy atom. The molecule has 1 aliphatic heterocycles. The fourth-order valence-corrected chi connectivity index (χ4v) is 3.98. The average Bonchev–Trinajstić information content (AvgIpc) is 2.74. The van der Waals surface area contributed by atoms with Crippen LogP contribution in [-0.2, 0) is 9.53 Å². The maximum Gasteiger partial charge on any atom is 0.227 e. The van der Waals surface area contributed by atoms with Gasteiger partial charge >= 0.3 is 0 Å². The van der Waals surface area contributed by atoms with Gasteiger partial charge in [0.2, 0.25) is 5.91 Å². The van der Waals surface area contributed by atoms with Gasteiger partial charge < -0.3 is 14.5 Å². The number of hydrogen-bond donors (Lipinski definition) is 0. The summed E-state index contributed by atoms with van der Waals surface area (Å²) >= 11 is 0. The van der Waals surface area contributed by atoms with Crippen molar-refractivity contribution in [3.05, 3.63) is 24.3 Å². The van der Waals surface area contributed by atoms with E-state index < -0.39 is 0 Å². The van der Waals surface area contributed by atoms with Crippen LogP contribution >= 0.6 is 0 Å². The highest BCUT2D eigenvalue weighted by Gasteiger charge is 2.28. The lowest BCUT2D eigenvalue weighted by Crippen LogP contribution is -2.34. The van der Waals surface area contributed by atoms with Gasteiger partial charge in [-0.3, -0.25) is 4.79 Å². The summed E-state index contributed by atoms with van der Waals surface area (Å²) in [6.07, 6.45) is 6.50. The summed E-state index contributed by atoms with van der Waals surface area (Å²) in [6, 6.07) is 8.27. The molecule has 1 aliphatic carbocycles. The topological polar surface area (TPSA) is 32.8 Å². The maximum atomic E-state index is 13.0. The Labute approximate surface area is 139 Å².